The van der Waals surface area contributed by atoms with E-state index in [9.17, 15) is 9.59 Å². The smallest absolute Gasteiger partial charge is 0.327 e. The summed E-state index contributed by atoms with van der Waals surface area (Å²) in [5.41, 5.74) is 7.62. The Labute approximate surface area is 149 Å². The lowest BCUT2D eigenvalue weighted by atomic mass is 10.1. The average Bonchev–Trinajstić information content (AvgIpc) is 3.23. The molecule has 1 aliphatic heterocycles. The Morgan fingerprint density at radius 3 is 2.77 bits per heavy atom. The monoisotopic (exact) mass is 353 g/mol. The number of amides is 1. The van der Waals surface area contributed by atoms with Gasteiger partial charge in [-0.25, -0.2) is 14.8 Å². The summed E-state index contributed by atoms with van der Waals surface area (Å²) in [5, 5.41) is 0. The van der Waals surface area contributed by atoms with Crippen LogP contribution in [0.4, 0.5) is 0 Å². The van der Waals surface area contributed by atoms with Crippen LogP contribution in [-0.2, 0) is 11.3 Å². The van der Waals surface area contributed by atoms with Crippen molar-refractivity contribution in [3.8, 4) is 11.4 Å². The minimum absolute atomic E-state index is 0.00812. The van der Waals surface area contributed by atoms with Crippen molar-refractivity contribution < 1.29 is 9.53 Å². The van der Waals surface area contributed by atoms with Crippen LogP contribution in [0.15, 0.2) is 29.1 Å². The fourth-order valence-corrected chi connectivity index (χ4v) is 3.20. The topological polar surface area (TPSA) is 116 Å². The van der Waals surface area contributed by atoms with Crippen molar-refractivity contribution in [1.29, 1.82) is 0 Å². The van der Waals surface area contributed by atoms with E-state index in [0.29, 0.717) is 24.6 Å². The van der Waals surface area contributed by atoms with Gasteiger partial charge in [0, 0.05) is 12.2 Å². The molecule has 0 radical (unpaired) electrons. The quantitative estimate of drug-likeness (QED) is 0.735. The number of rotatable bonds is 4. The van der Waals surface area contributed by atoms with Crippen LogP contribution in [0.5, 0.6) is 0 Å². The van der Waals surface area contributed by atoms with Gasteiger partial charge in [0.2, 0.25) is 0 Å². The fourth-order valence-electron chi connectivity index (χ4n) is 3.20. The number of carbonyl (C=O) groups excluding carboxylic acids is 1. The summed E-state index contributed by atoms with van der Waals surface area (Å²) in [6, 6.07) is 7.61. The first-order valence-corrected chi connectivity index (χ1v) is 8.52. The van der Waals surface area contributed by atoms with Crippen molar-refractivity contribution in [2.24, 2.45) is 5.73 Å². The molecule has 8 nitrogen and oxygen atoms in total. The number of ether oxygens (including phenoxy) is 1. The normalized spacial score (nSPS) is 17.0. The molecule has 0 unspecified atom stereocenters. The van der Waals surface area contributed by atoms with Gasteiger partial charge in [-0.3, -0.25) is 9.36 Å². The van der Waals surface area contributed by atoms with Crippen LogP contribution in [0.1, 0.15) is 28.9 Å². The Morgan fingerprint density at radius 2 is 2.12 bits per heavy atom. The second-order valence-corrected chi connectivity index (χ2v) is 6.50. The number of nitrogens with two attached hydrogens (primary N) is 1. The first-order valence-electron chi connectivity index (χ1n) is 8.52. The van der Waals surface area contributed by atoms with Crippen LogP contribution >= 0.6 is 0 Å². The summed E-state index contributed by atoms with van der Waals surface area (Å²) in [6.45, 7) is 3.05. The number of nitrogens with one attached hydrogen (secondary N) is 1. The van der Waals surface area contributed by atoms with Gasteiger partial charge in [-0.15, -0.1) is 0 Å². The van der Waals surface area contributed by atoms with Crippen LogP contribution < -0.4 is 11.4 Å². The lowest BCUT2D eigenvalue weighted by Crippen LogP contribution is -2.24. The predicted molar refractivity (Wildman–Crippen MR) is 95.8 cm³/mol. The largest absolute Gasteiger partial charge is 0.376 e. The number of primary amides is 1. The second-order valence-electron chi connectivity index (χ2n) is 6.50. The summed E-state index contributed by atoms with van der Waals surface area (Å²) >= 11 is 0. The molecule has 0 spiro atoms. The fraction of sp³-hybridized carbons (Fsp3) is 0.333. The number of aromatic nitrogens is 4. The van der Waals surface area contributed by atoms with E-state index in [4.69, 9.17) is 10.5 Å². The van der Waals surface area contributed by atoms with E-state index >= 15 is 0 Å². The molecule has 1 aromatic carbocycles. The van der Waals surface area contributed by atoms with Gasteiger partial charge in [0.15, 0.2) is 17.2 Å². The zero-order valence-electron chi connectivity index (χ0n) is 14.4. The highest BCUT2D eigenvalue weighted by Gasteiger charge is 2.23. The van der Waals surface area contributed by atoms with Crippen LogP contribution in [0.2, 0.25) is 0 Å². The summed E-state index contributed by atoms with van der Waals surface area (Å²) in [6.07, 6.45) is 1.82. The molecule has 1 fully saturated rings. The van der Waals surface area contributed by atoms with Crippen molar-refractivity contribution in [3.05, 3.63) is 46.0 Å². The molecule has 0 bridgehead atoms. The van der Waals surface area contributed by atoms with Crippen molar-refractivity contribution in [2.75, 3.05) is 6.61 Å². The van der Waals surface area contributed by atoms with Gasteiger partial charge in [0.1, 0.15) is 5.52 Å². The van der Waals surface area contributed by atoms with Gasteiger partial charge in [-0.2, -0.15) is 0 Å². The molecule has 26 heavy (non-hydrogen) atoms. The molecule has 4 rings (SSSR count). The summed E-state index contributed by atoms with van der Waals surface area (Å²) < 4.78 is 7.12. The maximum absolute atomic E-state index is 12.4. The zero-order valence-corrected chi connectivity index (χ0v) is 14.4. The number of H-pyrrole nitrogens is 1. The Balaban J connectivity index is 1.90. The van der Waals surface area contributed by atoms with Crippen LogP contribution in [-0.4, -0.2) is 38.1 Å². The molecule has 0 saturated carbocycles. The molecule has 1 amide bonds. The lowest BCUT2D eigenvalue weighted by Gasteiger charge is -2.10. The molecule has 1 saturated heterocycles. The SMILES string of the molecule is Cc1ccc(-c2nc(C(N)=O)c3[nH]c(=O)n(C[C@@H]4CCCO4)c3n2)cc1. The highest BCUT2D eigenvalue weighted by atomic mass is 16.5. The molecule has 3 aromatic rings. The molecule has 3 heterocycles. The van der Waals surface area contributed by atoms with Crippen molar-refractivity contribution >= 4 is 17.1 Å². The molecule has 1 atom stereocenters. The molecular weight excluding hydrogens is 334 g/mol. The van der Waals surface area contributed by atoms with Crippen LogP contribution in [0.25, 0.3) is 22.6 Å². The third-order valence-electron chi connectivity index (χ3n) is 4.58. The highest BCUT2D eigenvalue weighted by molar-refractivity contribution is 6.01. The van der Waals surface area contributed by atoms with Crippen molar-refractivity contribution in [3.63, 3.8) is 0 Å². The van der Waals surface area contributed by atoms with Gasteiger partial charge in [-0.1, -0.05) is 29.8 Å². The maximum atomic E-state index is 12.4. The number of benzene rings is 1. The molecule has 1 aliphatic rings. The standard InChI is InChI=1S/C18H19N5O3/c1-10-4-6-11(7-5-10)16-20-13(15(19)24)14-17(22-16)23(18(25)21-14)9-12-3-2-8-26-12/h4-7,12H,2-3,8-9H2,1H3,(H2,19,24)(H,21,25)/t12-/m0/s1. The predicted octanol–water partition coefficient (Wildman–Crippen LogP) is 1.37. The minimum atomic E-state index is -0.712. The van der Waals surface area contributed by atoms with Gasteiger partial charge < -0.3 is 15.5 Å². The van der Waals surface area contributed by atoms with E-state index in [1.807, 2.05) is 31.2 Å². The van der Waals surface area contributed by atoms with Gasteiger partial charge in [-0.05, 0) is 19.8 Å². The minimum Gasteiger partial charge on any atom is -0.376 e. The molecule has 0 aliphatic carbocycles. The maximum Gasteiger partial charge on any atom is 0.327 e. The average molecular weight is 353 g/mol. The van der Waals surface area contributed by atoms with E-state index in [2.05, 4.69) is 15.0 Å². The van der Waals surface area contributed by atoms with E-state index in [-0.39, 0.29) is 23.0 Å². The Morgan fingerprint density at radius 1 is 1.35 bits per heavy atom. The molecule has 3 N–H and O–H groups in total. The number of fused-ring (bicyclic) bond motifs is 1. The van der Waals surface area contributed by atoms with E-state index in [0.717, 1.165) is 24.0 Å². The number of nitrogens with zero attached hydrogens (tertiary/aromatic N) is 3. The van der Waals surface area contributed by atoms with Crippen molar-refractivity contribution in [2.45, 2.75) is 32.4 Å². The third kappa shape index (κ3) is 2.88. The molecule has 8 heteroatoms. The number of hydrogen-bond donors (Lipinski definition) is 2. The number of hydrogen-bond acceptors (Lipinski definition) is 5. The Kier molecular flexibility index (Phi) is 4.04. The number of aryl methyl sites for hydroxylation is 1. The molecule has 134 valence electrons. The van der Waals surface area contributed by atoms with Crippen LogP contribution in [0.3, 0.4) is 0 Å². The van der Waals surface area contributed by atoms with Gasteiger partial charge in [0.25, 0.3) is 5.91 Å². The molecular formula is C18H19N5O3. The first kappa shape index (κ1) is 16.5. The third-order valence-corrected chi connectivity index (χ3v) is 4.58. The summed E-state index contributed by atoms with van der Waals surface area (Å²) in [4.78, 5) is 35.8. The zero-order chi connectivity index (χ0) is 18.3. The lowest BCUT2D eigenvalue weighted by molar-refractivity contribution is 0.0970. The second kappa shape index (κ2) is 6.38. The molecule has 2 aromatic heterocycles. The summed E-state index contributed by atoms with van der Waals surface area (Å²) in [7, 11) is 0. The van der Waals surface area contributed by atoms with Gasteiger partial charge >= 0.3 is 5.69 Å². The Bertz CT molecular complexity index is 1030. The highest BCUT2D eigenvalue weighted by Crippen LogP contribution is 2.22. The summed E-state index contributed by atoms with van der Waals surface area (Å²) in [5.74, 6) is -0.359. The van der Waals surface area contributed by atoms with E-state index in [1.165, 1.54) is 4.57 Å². The first-order chi connectivity index (χ1) is 12.5. The van der Waals surface area contributed by atoms with Crippen molar-refractivity contribution in [1.82, 2.24) is 19.5 Å². The Hall–Kier alpha value is -3.00. The van der Waals surface area contributed by atoms with E-state index < -0.39 is 5.91 Å². The van der Waals surface area contributed by atoms with Gasteiger partial charge in [0.05, 0.1) is 12.6 Å². The number of carbonyl (C=O) groups is 1. The van der Waals surface area contributed by atoms with Crippen LogP contribution in [0, 0.1) is 6.92 Å². The van der Waals surface area contributed by atoms with E-state index in [1.54, 1.807) is 0 Å². The number of aromatic amines is 1. The number of imidazole rings is 1.